The molecule has 9 heteroatoms. The molecule has 2 rings (SSSR count). The van der Waals surface area contributed by atoms with E-state index >= 15 is 0 Å². The molecular weight excluding hydrogens is 479 g/mol. The number of sulfonamides is 1. The van der Waals surface area contributed by atoms with Crippen LogP contribution in [0.4, 0.5) is 0 Å². The number of nitrogens with zero attached hydrogens (tertiary/aromatic N) is 1. The molecule has 1 fully saturated rings. The molecule has 0 heterocycles. The van der Waals surface area contributed by atoms with Crippen LogP contribution in [0.25, 0.3) is 0 Å². The summed E-state index contributed by atoms with van der Waals surface area (Å²) in [4.78, 5) is 4.49. The summed E-state index contributed by atoms with van der Waals surface area (Å²) in [7, 11) is -1.61. The largest absolute Gasteiger partial charge is 0.497 e. The first kappa shape index (κ1) is 24.0. The van der Waals surface area contributed by atoms with E-state index in [2.05, 4.69) is 20.3 Å². The fourth-order valence-electron chi connectivity index (χ4n) is 2.56. The van der Waals surface area contributed by atoms with Gasteiger partial charge in [-0.15, -0.1) is 24.0 Å². The highest BCUT2D eigenvalue weighted by Crippen LogP contribution is 2.25. The first-order valence-corrected chi connectivity index (χ1v) is 10.8. The minimum atomic E-state index is -3.25. The average molecular weight is 510 g/mol. The van der Waals surface area contributed by atoms with Crippen LogP contribution in [-0.2, 0) is 16.6 Å². The SMILES string of the molecule is CCNC(=NCc1ccc(OC)cc1)NCCS(=O)(=O)NCC1CCC1.I. The number of aliphatic imine (C=N–C) groups is 1. The maximum absolute atomic E-state index is 12.0. The highest BCUT2D eigenvalue weighted by Gasteiger charge is 2.20. The van der Waals surface area contributed by atoms with Crippen molar-refractivity contribution in [3.8, 4) is 5.75 Å². The van der Waals surface area contributed by atoms with Gasteiger partial charge in [-0.25, -0.2) is 18.1 Å². The highest BCUT2D eigenvalue weighted by atomic mass is 127. The molecule has 1 aliphatic rings. The molecule has 0 bridgehead atoms. The van der Waals surface area contributed by atoms with Gasteiger partial charge in [-0.1, -0.05) is 18.6 Å². The highest BCUT2D eigenvalue weighted by molar-refractivity contribution is 14.0. The zero-order chi connectivity index (χ0) is 18.8. The number of hydrogen-bond donors (Lipinski definition) is 3. The van der Waals surface area contributed by atoms with E-state index in [1.165, 1.54) is 6.42 Å². The van der Waals surface area contributed by atoms with E-state index in [-0.39, 0.29) is 29.7 Å². The molecule has 0 aromatic heterocycles. The smallest absolute Gasteiger partial charge is 0.213 e. The van der Waals surface area contributed by atoms with Crippen LogP contribution in [0.3, 0.4) is 0 Å². The maximum atomic E-state index is 12.0. The Morgan fingerprint density at radius 1 is 1.22 bits per heavy atom. The average Bonchev–Trinajstić information content (AvgIpc) is 2.58. The third-order valence-corrected chi connectivity index (χ3v) is 5.75. The Morgan fingerprint density at radius 2 is 1.93 bits per heavy atom. The molecule has 0 unspecified atom stereocenters. The van der Waals surface area contributed by atoms with Crippen molar-refractivity contribution in [2.24, 2.45) is 10.9 Å². The van der Waals surface area contributed by atoms with Crippen molar-refractivity contribution in [3.63, 3.8) is 0 Å². The maximum Gasteiger partial charge on any atom is 0.213 e. The van der Waals surface area contributed by atoms with Gasteiger partial charge in [-0.3, -0.25) is 0 Å². The molecule has 0 spiro atoms. The summed E-state index contributed by atoms with van der Waals surface area (Å²) in [5.74, 6) is 1.97. The Balaban J connectivity index is 0.00000364. The first-order chi connectivity index (χ1) is 12.5. The van der Waals surface area contributed by atoms with Crippen molar-refractivity contribution in [2.45, 2.75) is 32.7 Å². The monoisotopic (exact) mass is 510 g/mol. The molecule has 1 aliphatic carbocycles. The summed E-state index contributed by atoms with van der Waals surface area (Å²) in [5.41, 5.74) is 1.05. The van der Waals surface area contributed by atoms with Crippen molar-refractivity contribution in [1.82, 2.24) is 15.4 Å². The predicted octanol–water partition coefficient (Wildman–Crippen LogP) is 2.09. The Kier molecular flexibility index (Phi) is 11.0. The summed E-state index contributed by atoms with van der Waals surface area (Å²) in [6, 6.07) is 7.71. The number of hydrogen-bond acceptors (Lipinski definition) is 4. The van der Waals surface area contributed by atoms with Crippen LogP contribution >= 0.6 is 24.0 Å². The van der Waals surface area contributed by atoms with Gasteiger partial charge in [0, 0.05) is 19.6 Å². The molecular formula is C18H31IN4O3S. The second kappa shape index (κ2) is 12.4. The third-order valence-electron chi connectivity index (χ3n) is 4.40. The van der Waals surface area contributed by atoms with Crippen LogP contribution in [0.1, 0.15) is 31.7 Å². The second-order valence-electron chi connectivity index (χ2n) is 6.43. The molecule has 0 aliphatic heterocycles. The summed E-state index contributed by atoms with van der Waals surface area (Å²) < 4.78 is 31.9. The molecule has 0 radical (unpaired) electrons. The van der Waals surface area contributed by atoms with Gasteiger partial charge in [0.1, 0.15) is 5.75 Å². The van der Waals surface area contributed by atoms with Gasteiger partial charge in [0.25, 0.3) is 0 Å². The van der Waals surface area contributed by atoms with E-state index in [4.69, 9.17) is 4.74 Å². The van der Waals surface area contributed by atoms with Crippen molar-refractivity contribution >= 4 is 40.0 Å². The normalized spacial score (nSPS) is 14.8. The van der Waals surface area contributed by atoms with Crippen molar-refractivity contribution in [1.29, 1.82) is 0 Å². The van der Waals surface area contributed by atoms with Crippen LogP contribution in [-0.4, -0.2) is 46.9 Å². The molecule has 3 N–H and O–H groups in total. The predicted molar refractivity (Wildman–Crippen MR) is 120 cm³/mol. The van der Waals surface area contributed by atoms with E-state index in [1.54, 1.807) is 7.11 Å². The molecule has 7 nitrogen and oxygen atoms in total. The topological polar surface area (TPSA) is 91.8 Å². The van der Waals surface area contributed by atoms with E-state index in [1.807, 2.05) is 31.2 Å². The summed E-state index contributed by atoms with van der Waals surface area (Å²) in [5, 5.41) is 6.21. The number of methoxy groups -OCH3 is 1. The van der Waals surface area contributed by atoms with Gasteiger partial charge in [-0.05, 0) is 43.4 Å². The first-order valence-electron chi connectivity index (χ1n) is 9.15. The van der Waals surface area contributed by atoms with E-state index in [9.17, 15) is 8.42 Å². The van der Waals surface area contributed by atoms with Crippen molar-refractivity contribution in [3.05, 3.63) is 29.8 Å². The Morgan fingerprint density at radius 3 is 2.48 bits per heavy atom. The van der Waals surface area contributed by atoms with Crippen LogP contribution in [0.2, 0.25) is 0 Å². The number of nitrogens with one attached hydrogen (secondary N) is 3. The van der Waals surface area contributed by atoms with E-state index in [0.29, 0.717) is 38.1 Å². The molecule has 0 amide bonds. The van der Waals surface area contributed by atoms with Crippen LogP contribution in [0.5, 0.6) is 5.75 Å². The zero-order valence-corrected chi connectivity index (χ0v) is 19.2. The van der Waals surface area contributed by atoms with Crippen LogP contribution in [0.15, 0.2) is 29.3 Å². The molecule has 1 aromatic rings. The lowest BCUT2D eigenvalue weighted by Crippen LogP contribution is -2.42. The number of benzene rings is 1. The molecule has 1 aromatic carbocycles. The van der Waals surface area contributed by atoms with Gasteiger partial charge in [0.2, 0.25) is 10.0 Å². The van der Waals surface area contributed by atoms with Crippen molar-refractivity contribution in [2.75, 3.05) is 32.5 Å². The number of ether oxygens (including phenoxy) is 1. The number of rotatable bonds is 10. The minimum absolute atomic E-state index is 0. The van der Waals surface area contributed by atoms with Gasteiger partial charge in [-0.2, -0.15) is 0 Å². The lowest BCUT2D eigenvalue weighted by atomic mass is 9.86. The molecule has 154 valence electrons. The zero-order valence-electron chi connectivity index (χ0n) is 16.0. The quantitative estimate of drug-likeness (QED) is 0.255. The molecule has 27 heavy (non-hydrogen) atoms. The van der Waals surface area contributed by atoms with Gasteiger partial charge in [0.15, 0.2) is 5.96 Å². The van der Waals surface area contributed by atoms with Crippen LogP contribution in [0, 0.1) is 5.92 Å². The molecule has 1 saturated carbocycles. The van der Waals surface area contributed by atoms with Crippen LogP contribution < -0.4 is 20.1 Å². The second-order valence-corrected chi connectivity index (χ2v) is 8.36. The molecule has 0 atom stereocenters. The van der Waals surface area contributed by atoms with Crippen molar-refractivity contribution < 1.29 is 13.2 Å². The lowest BCUT2D eigenvalue weighted by Gasteiger charge is -2.25. The minimum Gasteiger partial charge on any atom is -0.497 e. The molecule has 0 saturated heterocycles. The number of halogens is 1. The number of guanidine groups is 1. The van der Waals surface area contributed by atoms with E-state index < -0.39 is 10.0 Å². The Hall–Kier alpha value is -1.07. The van der Waals surface area contributed by atoms with Gasteiger partial charge >= 0.3 is 0 Å². The summed E-state index contributed by atoms with van der Waals surface area (Å²) in [6.07, 6.45) is 3.47. The van der Waals surface area contributed by atoms with Gasteiger partial charge < -0.3 is 15.4 Å². The van der Waals surface area contributed by atoms with Gasteiger partial charge in [0.05, 0.1) is 19.4 Å². The summed E-state index contributed by atoms with van der Waals surface area (Å²) >= 11 is 0. The Bertz CT molecular complexity index is 676. The fourth-order valence-corrected chi connectivity index (χ4v) is 3.57. The van der Waals surface area contributed by atoms with E-state index in [0.717, 1.165) is 24.2 Å². The third kappa shape index (κ3) is 9.11. The summed E-state index contributed by atoms with van der Waals surface area (Å²) in [6.45, 7) is 4.07. The Labute approximate surface area is 179 Å². The standard InChI is InChI=1S/C18H30N4O3S.HI/c1-3-19-18(21-13-16-7-9-17(25-2)10-8-16)20-11-12-26(23,24)22-14-15-5-4-6-15;/h7-10,15,22H,3-6,11-14H2,1-2H3,(H2,19,20,21);1H. The lowest BCUT2D eigenvalue weighted by molar-refractivity contribution is 0.316. The fraction of sp³-hybridized carbons (Fsp3) is 0.611.